The molecule has 3 saturated heterocycles. The predicted molar refractivity (Wildman–Crippen MR) is 64.1 cm³/mol. The van der Waals surface area contributed by atoms with E-state index in [0.29, 0.717) is 12.5 Å². The Morgan fingerprint density at radius 1 is 1.31 bits per heavy atom. The quantitative estimate of drug-likeness (QED) is 0.672. The van der Waals surface area contributed by atoms with E-state index in [1.54, 1.807) is 0 Å². The first-order valence-corrected chi connectivity index (χ1v) is 7.91. The molecule has 2 bridgehead atoms. The van der Waals surface area contributed by atoms with Crippen LogP contribution in [0.15, 0.2) is 0 Å². The van der Waals surface area contributed by atoms with Crippen LogP contribution in [0.1, 0.15) is 6.42 Å². The minimum absolute atomic E-state index is 0.0159. The summed E-state index contributed by atoms with van der Waals surface area (Å²) in [6.07, 6.45) is 1.85. The van der Waals surface area contributed by atoms with Gasteiger partial charge in [-0.1, -0.05) is 0 Å². The van der Waals surface area contributed by atoms with Crippen molar-refractivity contribution >= 4 is 9.84 Å². The van der Waals surface area contributed by atoms with Crippen LogP contribution in [0.2, 0.25) is 0 Å². The third-order valence-corrected chi connectivity index (χ3v) is 4.61. The standard InChI is InChI=1S/C10H21N3O2S/c1-16(14,15)7-2-9(11)10-8-12-3-5-13(10)6-4-12/h9-10H,2-8,11H2,1H3. The summed E-state index contributed by atoms with van der Waals surface area (Å²) in [4.78, 5) is 4.83. The van der Waals surface area contributed by atoms with Crippen molar-refractivity contribution in [2.45, 2.75) is 18.5 Å². The van der Waals surface area contributed by atoms with Crippen LogP contribution in [0.3, 0.4) is 0 Å². The molecule has 6 heteroatoms. The molecular formula is C10H21N3O2S. The van der Waals surface area contributed by atoms with Gasteiger partial charge in [0.25, 0.3) is 0 Å². The molecule has 0 aliphatic carbocycles. The lowest BCUT2D eigenvalue weighted by Crippen LogP contribution is -2.65. The second kappa shape index (κ2) is 4.60. The Kier molecular flexibility index (Phi) is 3.53. The summed E-state index contributed by atoms with van der Waals surface area (Å²) in [7, 11) is -2.88. The number of fused-ring (bicyclic) bond motifs is 3. The summed E-state index contributed by atoms with van der Waals surface area (Å²) in [5, 5.41) is 0. The monoisotopic (exact) mass is 247 g/mol. The molecule has 3 rings (SSSR count). The third-order valence-electron chi connectivity index (χ3n) is 3.64. The zero-order chi connectivity index (χ0) is 11.8. The lowest BCUT2D eigenvalue weighted by atomic mass is 9.99. The maximum Gasteiger partial charge on any atom is 0.147 e. The maximum atomic E-state index is 11.1. The topological polar surface area (TPSA) is 66.6 Å². The van der Waals surface area contributed by atoms with Crippen LogP contribution in [0, 0.1) is 0 Å². The van der Waals surface area contributed by atoms with E-state index in [1.165, 1.54) is 6.26 Å². The zero-order valence-corrected chi connectivity index (χ0v) is 10.6. The van der Waals surface area contributed by atoms with Crippen LogP contribution in [0.5, 0.6) is 0 Å². The summed E-state index contributed by atoms with van der Waals surface area (Å²) in [5.74, 6) is 0.207. The molecule has 2 unspecified atom stereocenters. The molecule has 0 aromatic rings. The fraction of sp³-hybridized carbons (Fsp3) is 1.00. The predicted octanol–water partition coefficient (Wildman–Crippen LogP) is -1.25. The van der Waals surface area contributed by atoms with Crippen molar-refractivity contribution in [2.24, 2.45) is 5.73 Å². The van der Waals surface area contributed by atoms with Gasteiger partial charge in [0.1, 0.15) is 9.84 Å². The van der Waals surface area contributed by atoms with Gasteiger partial charge in [0.05, 0.1) is 5.75 Å². The molecule has 16 heavy (non-hydrogen) atoms. The van der Waals surface area contributed by atoms with Crippen LogP contribution in [0.4, 0.5) is 0 Å². The fourth-order valence-corrected chi connectivity index (χ4v) is 3.31. The molecule has 94 valence electrons. The second-order valence-corrected chi connectivity index (χ2v) is 7.25. The summed E-state index contributed by atoms with van der Waals surface area (Å²) < 4.78 is 22.2. The minimum Gasteiger partial charge on any atom is -0.326 e. The molecular weight excluding hydrogens is 226 g/mol. The van der Waals surface area contributed by atoms with Crippen molar-refractivity contribution in [1.29, 1.82) is 0 Å². The van der Waals surface area contributed by atoms with Gasteiger partial charge in [-0.25, -0.2) is 8.42 Å². The molecule has 0 radical (unpaired) electrons. The first kappa shape index (κ1) is 12.3. The van der Waals surface area contributed by atoms with Gasteiger partial charge in [-0.15, -0.1) is 0 Å². The van der Waals surface area contributed by atoms with E-state index in [1.807, 2.05) is 0 Å². The molecule has 0 amide bonds. The number of hydrogen-bond acceptors (Lipinski definition) is 5. The van der Waals surface area contributed by atoms with Crippen molar-refractivity contribution in [3.05, 3.63) is 0 Å². The molecule has 3 heterocycles. The maximum absolute atomic E-state index is 11.1. The molecule has 3 aliphatic rings. The van der Waals surface area contributed by atoms with Gasteiger partial charge in [0.15, 0.2) is 0 Å². The van der Waals surface area contributed by atoms with E-state index in [-0.39, 0.29) is 11.8 Å². The van der Waals surface area contributed by atoms with Gasteiger partial charge in [-0.3, -0.25) is 9.80 Å². The number of nitrogens with zero attached hydrogens (tertiary/aromatic N) is 2. The first-order valence-electron chi connectivity index (χ1n) is 5.85. The van der Waals surface area contributed by atoms with Crippen LogP contribution >= 0.6 is 0 Å². The van der Waals surface area contributed by atoms with E-state index < -0.39 is 9.84 Å². The summed E-state index contributed by atoms with van der Waals surface area (Å²) in [5.41, 5.74) is 6.11. The van der Waals surface area contributed by atoms with E-state index in [2.05, 4.69) is 9.80 Å². The Labute approximate surface area is 97.5 Å². The molecule has 3 fully saturated rings. The fourth-order valence-electron chi connectivity index (χ4n) is 2.61. The van der Waals surface area contributed by atoms with Crippen molar-refractivity contribution in [3.8, 4) is 0 Å². The van der Waals surface area contributed by atoms with Gasteiger partial charge >= 0.3 is 0 Å². The van der Waals surface area contributed by atoms with Crippen LogP contribution < -0.4 is 5.73 Å². The molecule has 2 N–H and O–H groups in total. The van der Waals surface area contributed by atoms with Crippen molar-refractivity contribution in [3.63, 3.8) is 0 Å². The molecule has 0 spiro atoms. The summed E-state index contributed by atoms with van der Waals surface area (Å²) in [6.45, 7) is 5.43. The highest BCUT2D eigenvalue weighted by Crippen LogP contribution is 2.18. The van der Waals surface area contributed by atoms with Crippen molar-refractivity contribution in [1.82, 2.24) is 9.80 Å². The highest BCUT2D eigenvalue weighted by atomic mass is 32.2. The van der Waals surface area contributed by atoms with Crippen LogP contribution in [0.25, 0.3) is 0 Å². The first-order chi connectivity index (χ1) is 7.46. The normalized spacial score (nSPS) is 36.2. The second-order valence-electron chi connectivity index (χ2n) is 4.99. The Hall–Kier alpha value is -0.170. The molecule has 0 saturated carbocycles. The zero-order valence-electron chi connectivity index (χ0n) is 9.80. The van der Waals surface area contributed by atoms with E-state index >= 15 is 0 Å². The van der Waals surface area contributed by atoms with Crippen LogP contribution in [-0.4, -0.2) is 75.0 Å². The summed E-state index contributed by atoms with van der Waals surface area (Å²) in [6, 6.07) is 0.335. The average Bonchev–Trinajstić information content (AvgIpc) is 2.26. The Bertz CT molecular complexity index is 336. The highest BCUT2D eigenvalue weighted by Gasteiger charge is 2.35. The number of sulfone groups is 1. The van der Waals surface area contributed by atoms with Gasteiger partial charge in [0, 0.05) is 51.1 Å². The highest BCUT2D eigenvalue weighted by molar-refractivity contribution is 7.90. The lowest BCUT2D eigenvalue weighted by molar-refractivity contribution is 0.00217. The third kappa shape index (κ3) is 2.94. The van der Waals surface area contributed by atoms with Crippen molar-refractivity contribution < 1.29 is 8.42 Å². The summed E-state index contributed by atoms with van der Waals surface area (Å²) >= 11 is 0. The van der Waals surface area contributed by atoms with Gasteiger partial charge in [-0.05, 0) is 6.42 Å². The smallest absolute Gasteiger partial charge is 0.147 e. The number of rotatable bonds is 4. The van der Waals surface area contributed by atoms with Gasteiger partial charge in [0.2, 0.25) is 0 Å². The molecule has 0 aromatic heterocycles. The van der Waals surface area contributed by atoms with E-state index in [9.17, 15) is 8.42 Å². The molecule has 2 atom stereocenters. The largest absolute Gasteiger partial charge is 0.326 e. The Morgan fingerprint density at radius 3 is 2.38 bits per heavy atom. The van der Waals surface area contributed by atoms with Gasteiger partial charge in [-0.2, -0.15) is 0 Å². The molecule has 5 nitrogen and oxygen atoms in total. The number of piperazine rings is 3. The minimum atomic E-state index is -2.88. The number of nitrogens with two attached hydrogens (primary N) is 1. The molecule has 0 aromatic carbocycles. The van der Waals surface area contributed by atoms with Crippen LogP contribution in [-0.2, 0) is 9.84 Å². The van der Waals surface area contributed by atoms with E-state index in [0.717, 1.165) is 32.7 Å². The average molecular weight is 247 g/mol. The van der Waals surface area contributed by atoms with Gasteiger partial charge < -0.3 is 5.73 Å². The Morgan fingerprint density at radius 2 is 1.94 bits per heavy atom. The van der Waals surface area contributed by atoms with Crippen molar-refractivity contribution in [2.75, 3.05) is 44.7 Å². The molecule has 3 aliphatic heterocycles. The van der Waals surface area contributed by atoms with E-state index in [4.69, 9.17) is 5.73 Å². The SMILES string of the molecule is CS(=O)(=O)CCC(N)C1CN2CCN1CC2. The Balaban J connectivity index is 1.88. The number of hydrogen-bond donors (Lipinski definition) is 1. The lowest BCUT2D eigenvalue weighted by Gasteiger charge is -2.49.